The van der Waals surface area contributed by atoms with E-state index >= 15 is 0 Å². The molecule has 1 amide bonds. The molecule has 3 rings (SSSR count). The Balaban J connectivity index is 1.56. The van der Waals surface area contributed by atoms with Crippen molar-refractivity contribution in [3.05, 3.63) is 65.2 Å². The van der Waals surface area contributed by atoms with Gasteiger partial charge in [-0.05, 0) is 54.2 Å². The van der Waals surface area contributed by atoms with Crippen molar-refractivity contribution in [3.8, 4) is 6.07 Å². The molecule has 0 spiro atoms. The summed E-state index contributed by atoms with van der Waals surface area (Å²) in [5, 5.41) is 22.2. The quantitative estimate of drug-likeness (QED) is 0.537. The zero-order valence-electron chi connectivity index (χ0n) is 18.3. The lowest BCUT2D eigenvalue weighted by atomic mass is 9.92. The molecule has 0 heterocycles. The molecular formula is C24H29N3O4S. The summed E-state index contributed by atoms with van der Waals surface area (Å²) >= 11 is 0. The molecule has 4 unspecified atom stereocenters. The second-order valence-corrected chi connectivity index (χ2v) is 10.2. The first-order valence-electron chi connectivity index (χ1n) is 10.8. The second-order valence-electron chi connectivity index (χ2n) is 8.39. The fourth-order valence-electron chi connectivity index (χ4n) is 4.09. The van der Waals surface area contributed by atoms with Crippen molar-refractivity contribution < 1.29 is 18.3 Å². The highest BCUT2D eigenvalue weighted by Crippen LogP contribution is 2.32. The maximum Gasteiger partial charge on any atom is 0.240 e. The van der Waals surface area contributed by atoms with E-state index in [0.717, 1.165) is 11.1 Å². The summed E-state index contributed by atoms with van der Waals surface area (Å²) < 4.78 is 27.6. The highest BCUT2D eigenvalue weighted by Gasteiger charge is 2.33. The van der Waals surface area contributed by atoms with E-state index in [-0.39, 0.29) is 29.2 Å². The Hall–Kier alpha value is -2.73. The van der Waals surface area contributed by atoms with E-state index in [1.54, 1.807) is 0 Å². The van der Waals surface area contributed by atoms with E-state index in [2.05, 4.69) is 10.0 Å². The first-order valence-corrected chi connectivity index (χ1v) is 12.3. The molecule has 2 aromatic rings. The molecule has 2 aromatic carbocycles. The number of nitrogens with zero attached hydrogens (tertiary/aromatic N) is 1. The third kappa shape index (κ3) is 5.54. The summed E-state index contributed by atoms with van der Waals surface area (Å²) in [6.45, 7) is 4.02. The third-order valence-corrected chi connectivity index (χ3v) is 7.41. The maximum atomic E-state index is 12.9. The second kappa shape index (κ2) is 10.3. The molecule has 0 aliphatic heterocycles. The van der Waals surface area contributed by atoms with E-state index in [1.807, 2.05) is 44.2 Å². The SMILES string of the molecule is CCC(CC(C)CNS(=O)(=O)c1ccc(C#N)cc1)C(=O)NC1c2ccccc2CC1O. The molecule has 0 saturated carbocycles. The molecule has 32 heavy (non-hydrogen) atoms. The van der Waals surface area contributed by atoms with E-state index in [1.165, 1.54) is 24.3 Å². The van der Waals surface area contributed by atoms with Gasteiger partial charge in [-0.2, -0.15) is 5.26 Å². The summed E-state index contributed by atoms with van der Waals surface area (Å²) in [4.78, 5) is 13.0. The summed E-state index contributed by atoms with van der Waals surface area (Å²) in [5.41, 5.74) is 2.39. The molecule has 8 heteroatoms. The Morgan fingerprint density at radius 1 is 1.22 bits per heavy atom. The van der Waals surface area contributed by atoms with Crippen LogP contribution in [-0.4, -0.2) is 32.1 Å². The number of fused-ring (bicyclic) bond motifs is 1. The van der Waals surface area contributed by atoms with Crippen LogP contribution in [0.25, 0.3) is 0 Å². The van der Waals surface area contributed by atoms with Crippen molar-refractivity contribution in [2.75, 3.05) is 6.54 Å². The van der Waals surface area contributed by atoms with Crippen LogP contribution >= 0.6 is 0 Å². The largest absolute Gasteiger partial charge is 0.390 e. The minimum Gasteiger partial charge on any atom is -0.390 e. The molecule has 0 radical (unpaired) electrons. The number of nitrogens with one attached hydrogen (secondary N) is 2. The number of rotatable bonds is 9. The van der Waals surface area contributed by atoms with Gasteiger partial charge in [-0.1, -0.05) is 38.1 Å². The third-order valence-electron chi connectivity index (χ3n) is 5.97. The number of hydrogen-bond acceptors (Lipinski definition) is 5. The Kier molecular flexibility index (Phi) is 7.67. The number of carbonyl (C=O) groups is 1. The zero-order chi connectivity index (χ0) is 23.3. The van der Waals surface area contributed by atoms with Crippen LogP contribution in [0.15, 0.2) is 53.4 Å². The van der Waals surface area contributed by atoms with Crippen molar-refractivity contribution in [3.63, 3.8) is 0 Å². The van der Waals surface area contributed by atoms with Gasteiger partial charge in [0, 0.05) is 18.9 Å². The van der Waals surface area contributed by atoms with Gasteiger partial charge >= 0.3 is 0 Å². The Morgan fingerprint density at radius 2 is 1.91 bits per heavy atom. The topological polar surface area (TPSA) is 119 Å². The van der Waals surface area contributed by atoms with Gasteiger partial charge < -0.3 is 10.4 Å². The van der Waals surface area contributed by atoms with Crippen LogP contribution in [0.3, 0.4) is 0 Å². The van der Waals surface area contributed by atoms with Crippen LogP contribution in [0.4, 0.5) is 0 Å². The van der Waals surface area contributed by atoms with Gasteiger partial charge in [-0.3, -0.25) is 4.79 Å². The molecule has 3 N–H and O–H groups in total. The van der Waals surface area contributed by atoms with Crippen LogP contribution in [-0.2, 0) is 21.2 Å². The van der Waals surface area contributed by atoms with Crippen LogP contribution < -0.4 is 10.0 Å². The van der Waals surface area contributed by atoms with Gasteiger partial charge in [0.15, 0.2) is 0 Å². The summed E-state index contributed by atoms with van der Waals surface area (Å²) in [6, 6.07) is 15.0. The number of benzene rings is 2. The van der Waals surface area contributed by atoms with Gasteiger partial charge in [0.05, 0.1) is 28.7 Å². The number of carbonyl (C=O) groups excluding carboxylic acids is 1. The van der Waals surface area contributed by atoms with Crippen LogP contribution in [0.2, 0.25) is 0 Å². The minimum atomic E-state index is -3.70. The van der Waals surface area contributed by atoms with Gasteiger partial charge in [0.1, 0.15) is 0 Å². The van der Waals surface area contributed by atoms with Crippen LogP contribution in [0.1, 0.15) is 49.4 Å². The van der Waals surface area contributed by atoms with Crippen LogP contribution in [0.5, 0.6) is 0 Å². The van der Waals surface area contributed by atoms with E-state index < -0.39 is 22.2 Å². The summed E-state index contributed by atoms with van der Waals surface area (Å²) in [6.07, 6.45) is 1.00. The molecule has 7 nitrogen and oxygen atoms in total. The number of aliphatic hydroxyl groups is 1. The molecule has 170 valence electrons. The average Bonchev–Trinajstić information content (AvgIpc) is 3.11. The number of aliphatic hydroxyl groups excluding tert-OH is 1. The number of amides is 1. The highest BCUT2D eigenvalue weighted by atomic mass is 32.2. The van der Waals surface area contributed by atoms with Gasteiger partial charge in [0.25, 0.3) is 0 Å². The lowest BCUT2D eigenvalue weighted by Crippen LogP contribution is -2.39. The van der Waals surface area contributed by atoms with Crippen molar-refractivity contribution in [2.24, 2.45) is 11.8 Å². The summed E-state index contributed by atoms with van der Waals surface area (Å²) in [5.74, 6) is -0.487. The van der Waals surface area contributed by atoms with Gasteiger partial charge in [-0.15, -0.1) is 0 Å². The maximum absolute atomic E-state index is 12.9. The average molecular weight is 456 g/mol. The Bertz CT molecular complexity index is 1090. The zero-order valence-corrected chi connectivity index (χ0v) is 19.1. The molecule has 0 bridgehead atoms. The predicted octanol–water partition coefficient (Wildman–Crippen LogP) is 2.66. The first kappa shape index (κ1) is 23.9. The lowest BCUT2D eigenvalue weighted by molar-refractivity contribution is -0.127. The molecule has 0 fully saturated rings. The molecule has 0 aromatic heterocycles. The Morgan fingerprint density at radius 3 is 2.56 bits per heavy atom. The molecule has 0 saturated heterocycles. The standard InChI is InChI=1S/C24H29N3O4S/c1-3-18(24(29)27-23-21-7-5-4-6-19(21)13-22(23)28)12-16(2)15-26-32(30,31)20-10-8-17(14-25)9-11-20/h4-11,16,18,22-23,26,28H,3,12-13,15H2,1-2H3,(H,27,29). The van der Waals surface area contributed by atoms with Crippen molar-refractivity contribution in [2.45, 2.75) is 50.2 Å². The fraction of sp³-hybridized carbons (Fsp3) is 0.417. The molecule has 1 aliphatic carbocycles. The number of hydrogen-bond donors (Lipinski definition) is 3. The smallest absolute Gasteiger partial charge is 0.240 e. The van der Waals surface area contributed by atoms with Crippen molar-refractivity contribution in [1.82, 2.24) is 10.0 Å². The molecule has 4 atom stereocenters. The minimum absolute atomic E-state index is 0.0698. The molecule has 1 aliphatic rings. The number of sulfonamides is 1. The normalized spacial score (nSPS) is 19.6. The van der Waals surface area contributed by atoms with Gasteiger partial charge in [-0.25, -0.2) is 13.1 Å². The monoisotopic (exact) mass is 455 g/mol. The van der Waals surface area contributed by atoms with Crippen molar-refractivity contribution in [1.29, 1.82) is 5.26 Å². The highest BCUT2D eigenvalue weighted by molar-refractivity contribution is 7.89. The number of nitriles is 1. The first-order chi connectivity index (χ1) is 15.2. The van der Waals surface area contributed by atoms with Crippen molar-refractivity contribution >= 4 is 15.9 Å². The fourth-order valence-corrected chi connectivity index (χ4v) is 5.26. The van der Waals surface area contributed by atoms with Gasteiger partial charge in [0.2, 0.25) is 15.9 Å². The van der Waals surface area contributed by atoms with E-state index in [9.17, 15) is 18.3 Å². The Labute approximate surface area is 189 Å². The molecular weight excluding hydrogens is 426 g/mol. The lowest BCUT2D eigenvalue weighted by Gasteiger charge is -2.24. The van der Waals surface area contributed by atoms with Crippen LogP contribution in [0, 0.1) is 23.2 Å². The van der Waals surface area contributed by atoms with E-state index in [4.69, 9.17) is 5.26 Å². The van der Waals surface area contributed by atoms with E-state index in [0.29, 0.717) is 24.8 Å². The predicted molar refractivity (Wildman–Crippen MR) is 121 cm³/mol. The summed E-state index contributed by atoms with van der Waals surface area (Å²) in [7, 11) is -3.70.